The standard InChI is InChI=1S/C29H29ClN8O2/c1-39-22-13-23(26(30)25(14-22)40-2)24-12-18-15-31-29(34-27(18)38-17-32-35-28(24)38)33-19-5-7-20(8-6-19)37-11-10-36-9-3-4-21(36)16-37/h5-8,12-15,17,21H,3-4,9-11,16H2,1-2H3,(H,31,33,34)/t21-/m1/s1. The van der Waals surface area contributed by atoms with Crippen LogP contribution >= 0.6 is 11.6 Å². The number of benzene rings is 2. The molecule has 0 bridgehead atoms. The molecule has 0 aliphatic carbocycles. The summed E-state index contributed by atoms with van der Waals surface area (Å²) in [6, 6.07) is 14.8. The van der Waals surface area contributed by atoms with Gasteiger partial charge in [-0.1, -0.05) is 11.6 Å². The van der Waals surface area contributed by atoms with Crippen LogP contribution in [0.25, 0.3) is 27.8 Å². The first kappa shape index (κ1) is 24.9. The Hall–Kier alpha value is -4.15. The van der Waals surface area contributed by atoms with Gasteiger partial charge in [-0.25, -0.2) is 4.98 Å². The molecule has 2 aromatic carbocycles. The summed E-state index contributed by atoms with van der Waals surface area (Å²) in [5.74, 6) is 1.62. The Morgan fingerprint density at radius 2 is 1.85 bits per heavy atom. The molecule has 40 heavy (non-hydrogen) atoms. The molecule has 0 unspecified atom stereocenters. The summed E-state index contributed by atoms with van der Waals surface area (Å²) in [5, 5.41) is 13.1. The number of rotatable bonds is 6. The molecule has 7 rings (SSSR count). The lowest BCUT2D eigenvalue weighted by molar-refractivity contribution is 0.231. The van der Waals surface area contributed by atoms with E-state index in [9.17, 15) is 0 Å². The van der Waals surface area contributed by atoms with Gasteiger partial charge in [-0.05, 0) is 55.8 Å². The second kappa shape index (κ2) is 10.1. The molecular weight excluding hydrogens is 528 g/mol. The van der Waals surface area contributed by atoms with Crippen LogP contribution in [0.4, 0.5) is 17.3 Å². The van der Waals surface area contributed by atoms with Gasteiger partial charge in [0, 0.05) is 65.8 Å². The molecule has 10 nitrogen and oxygen atoms in total. The van der Waals surface area contributed by atoms with Crippen molar-refractivity contribution in [2.24, 2.45) is 0 Å². The quantitative estimate of drug-likeness (QED) is 0.309. The van der Waals surface area contributed by atoms with Crippen LogP contribution < -0.4 is 19.7 Å². The van der Waals surface area contributed by atoms with Crippen LogP contribution in [-0.4, -0.2) is 75.9 Å². The van der Waals surface area contributed by atoms with Crippen LogP contribution in [0.3, 0.4) is 0 Å². The van der Waals surface area contributed by atoms with E-state index in [1.54, 1.807) is 32.8 Å². The highest BCUT2D eigenvalue weighted by molar-refractivity contribution is 6.35. The minimum absolute atomic E-state index is 0.459. The largest absolute Gasteiger partial charge is 0.497 e. The number of piperazine rings is 1. The van der Waals surface area contributed by atoms with E-state index in [4.69, 9.17) is 26.1 Å². The third-order valence-electron chi connectivity index (χ3n) is 7.95. The first-order valence-corrected chi connectivity index (χ1v) is 13.8. The highest BCUT2D eigenvalue weighted by Crippen LogP contribution is 2.41. The molecule has 2 aliphatic rings. The minimum atomic E-state index is 0.459. The number of methoxy groups -OCH3 is 2. The summed E-state index contributed by atoms with van der Waals surface area (Å²) in [4.78, 5) is 14.5. The number of halogens is 1. The van der Waals surface area contributed by atoms with E-state index in [0.717, 1.165) is 41.8 Å². The molecule has 2 aliphatic heterocycles. The van der Waals surface area contributed by atoms with Crippen molar-refractivity contribution in [2.75, 3.05) is 50.6 Å². The number of nitrogens with one attached hydrogen (secondary N) is 1. The summed E-state index contributed by atoms with van der Waals surface area (Å²) >= 11 is 6.71. The van der Waals surface area contributed by atoms with E-state index in [1.165, 1.54) is 25.1 Å². The van der Waals surface area contributed by atoms with Gasteiger partial charge in [-0.3, -0.25) is 9.30 Å². The lowest BCUT2D eigenvalue weighted by Gasteiger charge is -2.38. The summed E-state index contributed by atoms with van der Waals surface area (Å²) < 4.78 is 12.8. The SMILES string of the molecule is COc1cc(OC)c(Cl)c(-c2cc3cnc(Nc4ccc(N5CCN6CCC[C@@H]6C5)cc4)nc3n3cnnc23)c1. The van der Waals surface area contributed by atoms with E-state index < -0.39 is 0 Å². The first-order chi connectivity index (χ1) is 19.6. The Morgan fingerprint density at radius 3 is 2.67 bits per heavy atom. The molecule has 1 atom stereocenters. The second-order valence-corrected chi connectivity index (χ2v) is 10.6. The molecule has 3 aromatic heterocycles. The number of fused-ring (bicyclic) bond motifs is 4. The average molecular weight is 557 g/mol. The number of hydrogen-bond donors (Lipinski definition) is 1. The number of aromatic nitrogens is 5. The van der Waals surface area contributed by atoms with Crippen LogP contribution in [0.1, 0.15) is 12.8 Å². The van der Waals surface area contributed by atoms with E-state index in [0.29, 0.717) is 39.8 Å². The molecule has 11 heteroatoms. The number of nitrogens with zero attached hydrogens (tertiary/aromatic N) is 7. The molecule has 1 N–H and O–H groups in total. The van der Waals surface area contributed by atoms with Crippen molar-refractivity contribution in [2.45, 2.75) is 18.9 Å². The van der Waals surface area contributed by atoms with Crippen LogP contribution in [0.2, 0.25) is 5.02 Å². The molecule has 2 saturated heterocycles. The monoisotopic (exact) mass is 556 g/mol. The van der Waals surface area contributed by atoms with Gasteiger partial charge in [0.1, 0.15) is 17.8 Å². The maximum absolute atomic E-state index is 6.71. The number of ether oxygens (including phenoxy) is 2. The van der Waals surface area contributed by atoms with E-state index in [-0.39, 0.29) is 0 Å². The van der Waals surface area contributed by atoms with Gasteiger partial charge in [0.25, 0.3) is 0 Å². The summed E-state index contributed by atoms with van der Waals surface area (Å²) in [7, 11) is 3.18. The van der Waals surface area contributed by atoms with Crippen LogP contribution in [0, 0.1) is 0 Å². The van der Waals surface area contributed by atoms with Crippen LogP contribution in [0.15, 0.2) is 55.0 Å². The van der Waals surface area contributed by atoms with E-state index in [2.05, 4.69) is 54.6 Å². The molecule has 0 radical (unpaired) electrons. The molecule has 0 spiro atoms. The zero-order valence-corrected chi connectivity index (χ0v) is 23.1. The molecule has 2 fully saturated rings. The van der Waals surface area contributed by atoms with E-state index in [1.807, 2.05) is 16.5 Å². The number of anilines is 3. The molecule has 0 saturated carbocycles. The Kier molecular flexibility index (Phi) is 6.28. The Balaban J connectivity index is 1.18. The molecule has 5 heterocycles. The van der Waals surface area contributed by atoms with Crippen molar-refractivity contribution in [1.29, 1.82) is 0 Å². The van der Waals surface area contributed by atoms with Gasteiger partial charge in [0.05, 0.1) is 19.2 Å². The van der Waals surface area contributed by atoms with Crippen LogP contribution in [0.5, 0.6) is 11.5 Å². The average Bonchev–Trinajstić information content (AvgIpc) is 3.67. The third-order valence-corrected chi connectivity index (χ3v) is 8.34. The van der Waals surface area contributed by atoms with Gasteiger partial charge in [0.2, 0.25) is 5.95 Å². The Bertz CT molecular complexity index is 1710. The van der Waals surface area contributed by atoms with Gasteiger partial charge in [0.15, 0.2) is 11.3 Å². The van der Waals surface area contributed by atoms with Crippen molar-refractivity contribution in [1.82, 2.24) is 29.5 Å². The fraction of sp³-hybridized carbons (Fsp3) is 0.310. The fourth-order valence-corrected chi connectivity index (χ4v) is 6.16. The fourth-order valence-electron chi connectivity index (χ4n) is 5.87. The number of hydrogen-bond acceptors (Lipinski definition) is 9. The minimum Gasteiger partial charge on any atom is -0.497 e. The predicted molar refractivity (Wildman–Crippen MR) is 156 cm³/mol. The third kappa shape index (κ3) is 4.33. The Labute approximate surface area is 236 Å². The zero-order valence-electron chi connectivity index (χ0n) is 22.3. The maximum Gasteiger partial charge on any atom is 0.229 e. The molecule has 204 valence electrons. The molecular formula is C29H29ClN8O2. The highest BCUT2D eigenvalue weighted by Gasteiger charge is 2.30. The molecule has 5 aromatic rings. The highest BCUT2D eigenvalue weighted by atomic mass is 35.5. The van der Waals surface area contributed by atoms with Gasteiger partial charge < -0.3 is 19.7 Å². The smallest absolute Gasteiger partial charge is 0.229 e. The van der Waals surface area contributed by atoms with Gasteiger partial charge in [-0.2, -0.15) is 4.98 Å². The summed E-state index contributed by atoms with van der Waals surface area (Å²) in [6.45, 7) is 4.57. The topological polar surface area (TPSA) is 92.9 Å². The maximum atomic E-state index is 6.71. The lowest BCUT2D eigenvalue weighted by Crippen LogP contribution is -2.50. The Morgan fingerprint density at radius 1 is 0.975 bits per heavy atom. The zero-order chi connectivity index (χ0) is 27.2. The summed E-state index contributed by atoms with van der Waals surface area (Å²) in [6.07, 6.45) is 6.05. The predicted octanol–water partition coefficient (Wildman–Crippen LogP) is 5.04. The lowest BCUT2D eigenvalue weighted by atomic mass is 10.0. The van der Waals surface area contributed by atoms with Gasteiger partial charge >= 0.3 is 0 Å². The normalized spacial score (nSPS) is 17.4. The van der Waals surface area contributed by atoms with Crippen molar-refractivity contribution in [3.8, 4) is 22.6 Å². The first-order valence-electron chi connectivity index (χ1n) is 13.4. The van der Waals surface area contributed by atoms with E-state index >= 15 is 0 Å². The molecule has 0 amide bonds. The second-order valence-electron chi connectivity index (χ2n) is 10.2. The van der Waals surface area contributed by atoms with Crippen molar-refractivity contribution in [3.05, 3.63) is 60.0 Å². The van der Waals surface area contributed by atoms with Crippen molar-refractivity contribution < 1.29 is 9.47 Å². The van der Waals surface area contributed by atoms with Crippen molar-refractivity contribution >= 4 is 45.6 Å². The van der Waals surface area contributed by atoms with Crippen LogP contribution in [-0.2, 0) is 0 Å². The van der Waals surface area contributed by atoms with Gasteiger partial charge in [-0.15, -0.1) is 10.2 Å². The van der Waals surface area contributed by atoms with Crippen molar-refractivity contribution in [3.63, 3.8) is 0 Å². The summed E-state index contributed by atoms with van der Waals surface area (Å²) in [5.41, 5.74) is 4.96. The number of pyridine rings is 1.